The zero-order chi connectivity index (χ0) is 36.5. The van der Waals surface area contributed by atoms with Crippen LogP contribution in [-0.2, 0) is 0 Å². The maximum Gasteiger partial charge on any atom is 0.227 e. The Morgan fingerprint density at radius 3 is 1.68 bits per heavy atom. The third-order valence-corrected chi connectivity index (χ3v) is 9.26. The highest BCUT2D eigenvalue weighted by atomic mass is 16.5. The highest BCUT2D eigenvalue weighted by Gasteiger charge is 2.22. The average molecular weight is 685 g/mol. The number of hydrogen-bond donors (Lipinski definition) is 3. The van der Waals surface area contributed by atoms with E-state index in [0.717, 1.165) is 56.4 Å². The minimum atomic E-state index is 0.0300. The van der Waals surface area contributed by atoms with E-state index in [4.69, 9.17) is 39.2 Å². The van der Waals surface area contributed by atoms with E-state index in [1.807, 2.05) is 55.5 Å². The van der Waals surface area contributed by atoms with Crippen LogP contribution in [0.4, 0.5) is 0 Å². The number of ether oxygens (including phenoxy) is 4. The largest absolute Gasteiger partial charge is 0.504 e. The summed E-state index contributed by atoms with van der Waals surface area (Å²) in [6.45, 7) is 11.8. The van der Waals surface area contributed by atoms with Crippen molar-refractivity contribution < 1.29 is 33.6 Å². The Balaban J connectivity index is 0.000000369. The first-order chi connectivity index (χ1) is 24.1. The molecule has 0 saturated carbocycles. The lowest BCUT2D eigenvalue weighted by Crippen LogP contribution is -2.08. The second-order valence-electron chi connectivity index (χ2n) is 12.7. The second-order valence-corrected chi connectivity index (χ2v) is 12.7. The highest BCUT2D eigenvalue weighted by molar-refractivity contribution is 6.32. The van der Waals surface area contributed by atoms with E-state index in [2.05, 4.69) is 27.7 Å². The molecule has 9 heteroatoms. The Morgan fingerprint density at radius 1 is 0.720 bits per heavy atom. The van der Waals surface area contributed by atoms with Gasteiger partial charge in [-0.2, -0.15) is 0 Å². The van der Waals surface area contributed by atoms with Crippen molar-refractivity contribution in [1.82, 2.24) is 4.98 Å². The van der Waals surface area contributed by atoms with E-state index < -0.39 is 0 Å². The van der Waals surface area contributed by atoms with Gasteiger partial charge in [0.15, 0.2) is 34.3 Å². The van der Waals surface area contributed by atoms with Crippen LogP contribution in [-0.4, -0.2) is 56.8 Å². The summed E-state index contributed by atoms with van der Waals surface area (Å²) >= 11 is 0. The molecule has 268 valence electrons. The minimum Gasteiger partial charge on any atom is -0.504 e. The molecule has 50 heavy (non-hydrogen) atoms. The molecule has 0 aliphatic rings. The molecule has 0 saturated heterocycles. The van der Waals surface area contributed by atoms with Crippen LogP contribution in [0.15, 0.2) is 59.0 Å². The molecule has 0 fully saturated rings. The third kappa shape index (κ3) is 8.01. The molecule has 6 aromatic rings. The number of oxazole rings is 1. The lowest BCUT2D eigenvalue weighted by molar-refractivity contribution is 0.260. The molecule has 0 amide bonds. The van der Waals surface area contributed by atoms with Crippen LogP contribution in [0.25, 0.3) is 54.9 Å². The number of phenolic OH excluding ortho intramolecular Hbond substituents is 1. The SMILES string of the molecule is CCC(C)CCO.CCC(C)CN.COc1cc2c3cc(OC)c(OC)cc3c3cc(OC)c4oc(-c5ccc(C)cc5)nc4c3c2cc1O. The van der Waals surface area contributed by atoms with E-state index >= 15 is 0 Å². The number of phenols is 1. The minimum absolute atomic E-state index is 0.0300. The van der Waals surface area contributed by atoms with Crippen LogP contribution >= 0.6 is 0 Å². The quantitative estimate of drug-likeness (QED) is 0.121. The van der Waals surface area contributed by atoms with E-state index in [-0.39, 0.29) is 5.75 Å². The van der Waals surface area contributed by atoms with Crippen LogP contribution in [0.1, 0.15) is 52.5 Å². The lowest BCUT2D eigenvalue weighted by atomic mass is 9.92. The normalized spacial score (nSPS) is 12.2. The molecule has 0 radical (unpaired) electrons. The van der Waals surface area contributed by atoms with Crippen LogP contribution in [0.3, 0.4) is 0 Å². The highest BCUT2D eigenvalue weighted by Crippen LogP contribution is 2.48. The average Bonchev–Trinajstić information content (AvgIpc) is 3.59. The summed E-state index contributed by atoms with van der Waals surface area (Å²) < 4.78 is 28.7. The van der Waals surface area contributed by atoms with Gasteiger partial charge in [0, 0.05) is 17.6 Å². The first-order valence-electron chi connectivity index (χ1n) is 17.2. The van der Waals surface area contributed by atoms with Gasteiger partial charge in [-0.3, -0.25) is 0 Å². The molecule has 4 N–H and O–H groups in total. The molecule has 1 aromatic heterocycles. The molecule has 0 spiro atoms. The zero-order valence-electron chi connectivity index (χ0n) is 30.8. The smallest absolute Gasteiger partial charge is 0.227 e. The van der Waals surface area contributed by atoms with Gasteiger partial charge in [-0.25, -0.2) is 4.98 Å². The Hall–Kier alpha value is -4.73. The van der Waals surface area contributed by atoms with Crippen molar-refractivity contribution in [3.05, 3.63) is 60.2 Å². The Labute approximate surface area is 294 Å². The number of benzene rings is 5. The number of aromatic nitrogens is 1. The molecule has 0 aliphatic carbocycles. The second kappa shape index (κ2) is 17.3. The van der Waals surface area contributed by atoms with E-state index in [0.29, 0.717) is 58.4 Å². The van der Waals surface area contributed by atoms with Crippen molar-refractivity contribution in [2.75, 3.05) is 41.6 Å². The number of nitrogens with zero attached hydrogens (tertiary/aromatic N) is 1. The number of aliphatic hydroxyl groups is 1. The lowest BCUT2D eigenvalue weighted by Gasteiger charge is -2.16. The van der Waals surface area contributed by atoms with Crippen molar-refractivity contribution in [2.45, 2.75) is 53.9 Å². The van der Waals surface area contributed by atoms with Crippen LogP contribution in [0, 0.1) is 18.8 Å². The molecule has 0 bridgehead atoms. The number of aromatic hydroxyl groups is 1. The summed E-state index contributed by atoms with van der Waals surface area (Å²) in [5.74, 6) is 4.05. The number of nitrogens with two attached hydrogens (primary N) is 1. The van der Waals surface area contributed by atoms with Crippen molar-refractivity contribution >= 4 is 43.4 Å². The fourth-order valence-electron chi connectivity index (χ4n) is 5.59. The molecule has 9 nitrogen and oxygen atoms in total. The van der Waals surface area contributed by atoms with E-state index in [9.17, 15) is 5.11 Å². The van der Waals surface area contributed by atoms with Gasteiger partial charge in [-0.15, -0.1) is 0 Å². The first-order valence-corrected chi connectivity index (χ1v) is 17.2. The number of aliphatic hydroxyl groups excluding tert-OH is 1. The maximum absolute atomic E-state index is 10.8. The molecule has 2 unspecified atom stereocenters. The monoisotopic (exact) mass is 684 g/mol. The molecule has 0 aliphatic heterocycles. The molecule has 6 rings (SSSR count). The predicted octanol–water partition coefficient (Wildman–Crippen LogP) is 9.41. The van der Waals surface area contributed by atoms with Gasteiger partial charge in [0.1, 0.15) is 5.52 Å². The number of aryl methyl sites for hydroxylation is 1. The standard InChI is InChI=1S/C30H25NO6.C6H14O.C5H13N/c1-15-6-8-16(9-7-15)30-31-28-27-20-10-22(32)23(33-2)11-18(20)17-12-24(34-3)25(35-4)13-19(17)21(27)14-26(36-5)29(28)37-30;1-3-6(2)4-5-7;1-3-5(2)4-6/h6-14,32H,1-5H3;6-7H,3-5H2,1-2H3;5H,3-4,6H2,1-2H3. The van der Waals surface area contributed by atoms with Gasteiger partial charge in [-0.05, 0) is 101 Å². The first kappa shape index (κ1) is 38.1. The van der Waals surface area contributed by atoms with Crippen LogP contribution in [0.5, 0.6) is 28.7 Å². The van der Waals surface area contributed by atoms with Crippen molar-refractivity contribution in [1.29, 1.82) is 0 Å². The fraction of sp³-hybridized carbons (Fsp3) is 0.390. The Morgan fingerprint density at radius 2 is 1.22 bits per heavy atom. The molecule has 1 heterocycles. The van der Waals surface area contributed by atoms with Gasteiger partial charge < -0.3 is 39.3 Å². The number of rotatable bonds is 10. The zero-order valence-corrected chi connectivity index (χ0v) is 30.8. The van der Waals surface area contributed by atoms with Crippen molar-refractivity contribution in [3.63, 3.8) is 0 Å². The summed E-state index contributed by atoms with van der Waals surface area (Å²) in [7, 11) is 6.35. The predicted molar refractivity (Wildman–Crippen MR) is 204 cm³/mol. The van der Waals surface area contributed by atoms with E-state index in [1.165, 1.54) is 20.0 Å². The van der Waals surface area contributed by atoms with Gasteiger partial charge in [0.25, 0.3) is 0 Å². The third-order valence-electron chi connectivity index (χ3n) is 9.26. The van der Waals surface area contributed by atoms with Crippen molar-refractivity contribution in [2.24, 2.45) is 17.6 Å². The summed E-state index contributed by atoms with van der Waals surface area (Å²) in [5.41, 5.74) is 8.45. The maximum atomic E-state index is 10.8. The van der Waals surface area contributed by atoms with Crippen LogP contribution in [0.2, 0.25) is 0 Å². The summed E-state index contributed by atoms with van der Waals surface area (Å²) in [5, 5.41) is 24.3. The molecular formula is C41H52N2O7. The molecule has 2 atom stereocenters. The van der Waals surface area contributed by atoms with Crippen LogP contribution < -0.4 is 24.7 Å². The van der Waals surface area contributed by atoms with E-state index in [1.54, 1.807) is 27.4 Å². The molecular weight excluding hydrogens is 632 g/mol. The fourth-order valence-corrected chi connectivity index (χ4v) is 5.59. The number of methoxy groups -OCH3 is 4. The van der Waals surface area contributed by atoms with Gasteiger partial charge >= 0.3 is 0 Å². The summed E-state index contributed by atoms with van der Waals surface area (Å²) in [4.78, 5) is 4.94. The Bertz CT molecular complexity index is 2030. The van der Waals surface area contributed by atoms with Crippen molar-refractivity contribution in [3.8, 4) is 40.2 Å². The van der Waals surface area contributed by atoms with Gasteiger partial charge in [-0.1, -0.05) is 58.2 Å². The Kier molecular flexibility index (Phi) is 13.2. The summed E-state index contributed by atoms with van der Waals surface area (Å²) in [6, 6.07) is 17.4. The number of hydrogen-bond acceptors (Lipinski definition) is 9. The topological polar surface area (TPSA) is 129 Å². The molecule has 5 aromatic carbocycles. The number of fused-ring (bicyclic) bond motifs is 8. The van der Waals surface area contributed by atoms with Gasteiger partial charge in [0.05, 0.1) is 28.4 Å². The van der Waals surface area contributed by atoms with Gasteiger partial charge in [0.2, 0.25) is 5.89 Å². The summed E-state index contributed by atoms with van der Waals surface area (Å²) in [6.07, 6.45) is 3.34.